The summed E-state index contributed by atoms with van der Waals surface area (Å²) in [5.74, 6) is 0.993. The van der Waals surface area contributed by atoms with Crippen molar-refractivity contribution in [3.8, 4) is 0 Å². The summed E-state index contributed by atoms with van der Waals surface area (Å²) >= 11 is 0. The van der Waals surface area contributed by atoms with E-state index < -0.39 is 0 Å². The van der Waals surface area contributed by atoms with E-state index in [1.165, 1.54) is 11.9 Å². The minimum absolute atomic E-state index is 0.00761. The van der Waals surface area contributed by atoms with Crippen LogP contribution in [-0.4, -0.2) is 22.4 Å². The summed E-state index contributed by atoms with van der Waals surface area (Å²) in [5.41, 5.74) is 2.55. The Balaban J connectivity index is 2.14. The van der Waals surface area contributed by atoms with Crippen molar-refractivity contribution in [3.63, 3.8) is 0 Å². The fourth-order valence-corrected chi connectivity index (χ4v) is 2.50. The predicted molar refractivity (Wildman–Crippen MR) is 102 cm³/mol. The number of anilines is 2. The third kappa shape index (κ3) is 5.55. The summed E-state index contributed by atoms with van der Waals surface area (Å²) in [7, 11) is 0. The summed E-state index contributed by atoms with van der Waals surface area (Å²) in [4.78, 5) is 20.6. The number of nitrogens with zero attached hydrogens (tertiary/aromatic N) is 2. The lowest BCUT2D eigenvalue weighted by atomic mass is 9.86. The van der Waals surface area contributed by atoms with Gasteiger partial charge < -0.3 is 10.6 Å². The zero-order valence-electron chi connectivity index (χ0n) is 15.8. The number of benzene rings is 1. The van der Waals surface area contributed by atoms with Gasteiger partial charge in [0.15, 0.2) is 0 Å². The van der Waals surface area contributed by atoms with E-state index in [0.29, 0.717) is 24.0 Å². The average Bonchev–Trinajstić information content (AvgIpc) is 2.54. The van der Waals surface area contributed by atoms with Gasteiger partial charge in [0.25, 0.3) is 5.91 Å². The summed E-state index contributed by atoms with van der Waals surface area (Å²) in [5, 5.41) is 6.22. The minimum atomic E-state index is -0.171. The lowest BCUT2D eigenvalue weighted by Gasteiger charge is -2.23. The molecule has 5 nitrogen and oxygen atoms in total. The molecule has 1 aromatic carbocycles. The van der Waals surface area contributed by atoms with E-state index in [0.717, 1.165) is 12.1 Å². The quantitative estimate of drug-likeness (QED) is 0.823. The van der Waals surface area contributed by atoms with Crippen molar-refractivity contribution < 1.29 is 4.79 Å². The van der Waals surface area contributed by atoms with Crippen LogP contribution in [0.5, 0.6) is 0 Å². The van der Waals surface area contributed by atoms with E-state index in [9.17, 15) is 4.79 Å². The van der Waals surface area contributed by atoms with E-state index in [-0.39, 0.29) is 11.3 Å². The van der Waals surface area contributed by atoms with Crippen LogP contribution in [0.25, 0.3) is 0 Å². The highest BCUT2D eigenvalue weighted by atomic mass is 16.1. The molecule has 2 rings (SSSR count). The first-order chi connectivity index (χ1) is 11.8. The van der Waals surface area contributed by atoms with E-state index in [1.807, 2.05) is 18.2 Å². The summed E-state index contributed by atoms with van der Waals surface area (Å²) in [6.07, 6.45) is 2.36. The molecule has 0 aliphatic rings. The van der Waals surface area contributed by atoms with Crippen LogP contribution in [0.2, 0.25) is 0 Å². The number of para-hydroxylation sites is 1. The molecule has 25 heavy (non-hydrogen) atoms. The highest BCUT2D eigenvalue weighted by Gasteiger charge is 2.18. The van der Waals surface area contributed by atoms with Gasteiger partial charge in [0.2, 0.25) is 0 Å². The summed E-state index contributed by atoms with van der Waals surface area (Å²) in [6.45, 7) is 11.4. The molecule has 0 fully saturated rings. The van der Waals surface area contributed by atoms with Crippen molar-refractivity contribution in [1.29, 1.82) is 0 Å². The predicted octanol–water partition coefficient (Wildman–Crippen LogP) is 4.29. The molecule has 0 radical (unpaired) electrons. The van der Waals surface area contributed by atoms with Gasteiger partial charge in [-0.2, -0.15) is 0 Å². The molecule has 2 aromatic rings. The molecule has 0 atom stereocenters. The van der Waals surface area contributed by atoms with Crippen LogP contribution in [0.3, 0.4) is 0 Å². The molecule has 2 N–H and O–H groups in total. The van der Waals surface area contributed by atoms with Gasteiger partial charge in [-0.15, -0.1) is 0 Å². The van der Waals surface area contributed by atoms with Crippen molar-refractivity contribution in [2.24, 2.45) is 5.92 Å². The molecule has 0 aliphatic carbocycles. The maximum Gasteiger partial charge on any atom is 0.270 e. The Bertz CT molecular complexity index is 720. The van der Waals surface area contributed by atoms with Gasteiger partial charge in [0.05, 0.1) is 0 Å². The number of nitrogens with one attached hydrogen (secondary N) is 2. The Hall–Kier alpha value is -2.43. The first kappa shape index (κ1) is 18.9. The van der Waals surface area contributed by atoms with Crippen LogP contribution >= 0.6 is 0 Å². The monoisotopic (exact) mass is 340 g/mol. The normalized spacial score (nSPS) is 11.4. The van der Waals surface area contributed by atoms with E-state index in [4.69, 9.17) is 0 Å². The molecular formula is C20H28N4O. The van der Waals surface area contributed by atoms with Gasteiger partial charge in [-0.25, -0.2) is 9.97 Å². The molecule has 1 heterocycles. The zero-order chi connectivity index (χ0) is 18.4. The molecule has 0 saturated carbocycles. The first-order valence-corrected chi connectivity index (χ1v) is 8.74. The number of hydrogen-bond donors (Lipinski definition) is 2. The van der Waals surface area contributed by atoms with Crippen molar-refractivity contribution in [2.45, 2.75) is 46.5 Å². The van der Waals surface area contributed by atoms with Crippen molar-refractivity contribution in [2.75, 3.05) is 11.9 Å². The Morgan fingerprint density at radius 3 is 2.56 bits per heavy atom. The number of hydrogen-bond acceptors (Lipinski definition) is 4. The fraction of sp³-hybridized carbons (Fsp3) is 0.450. The SMILES string of the molecule is CC(C)CCNC(=O)c1cc(Nc2ccccc2C(C)(C)C)ncn1. The molecule has 0 saturated heterocycles. The van der Waals surface area contributed by atoms with E-state index in [2.05, 4.69) is 61.3 Å². The summed E-state index contributed by atoms with van der Waals surface area (Å²) in [6, 6.07) is 9.82. The maximum absolute atomic E-state index is 12.2. The van der Waals surface area contributed by atoms with Crippen LogP contribution in [0.4, 0.5) is 11.5 Å². The molecule has 0 bridgehead atoms. The highest BCUT2D eigenvalue weighted by molar-refractivity contribution is 5.92. The van der Waals surface area contributed by atoms with Crippen LogP contribution < -0.4 is 10.6 Å². The van der Waals surface area contributed by atoms with Gasteiger partial charge in [-0.05, 0) is 29.4 Å². The molecule has 5 heteroatoms. The second-order valence-electron chi connectivity index (χ2n) is 7.65. The molecule has 134 valence electrons. The largest absolute Gasteiger partial charge is 0.351 e. The van der Waals surface area contributed by atoms with Gasteiger partial charge in [-0.1, -0.05) is 52.8 Å². The number of carbonyl (C=O) groups is 1. The molecular weight excluding hydrogens is 312 g/mol. The third-order valence-corrected chi connectivity index (χ3v) is 3.90. The topological polar surface area (TPSA) is 66.9 Å². The van der Waals surface area contributed by atoms with Crippen LogP contribution in [0, 0.1) is 5.92 Å². The molecule has 1 amide bonds. The Kier molecular flexibility index (Phi) is 6.12. The maximum atomic E-state index is 12.2. The lowest BCUT2D eigenvalue weighted by Crippen LogP contribution is -2.26. The second kappa shape index (κ2) is 8.10. The van der Waals surface area contributed by atoms with E-state index >= 15 is 0 Å². The van der Waals surface area contributed by atoms with Crippen LogP contribution in [0.1, 0.15) is 57.1 Å². The van der Waals surface area contributed by atoms with E-state index in [1.54, 1.807) is 6.07 Å². The lowest BCUT2D eigenvalue weighted by molar-refractivity contribution is 0.0947. The smallest absolute Gasteiger partial charge is 0.270 e. The molecule has 0 aliphatic heterocycles. The van der Waals surface area contributed by atoms with Crippen molar-refractivity contribution >= 4 is 17.4 Å². The number of rotatable bonds is 6. The van der Waals surface area contributed by atoms with Crippen molar-refractivity contribution in [1.82, 2.24) is 15.3 Å². The molecule has 0 spiro atoms. The van der Waals surface area contributed by atoms with Crippen molar-refractivity contribution in [3.05, 3.63) is 47.9 Å². The molecule has 0 unspecified atom stereocenters. The van der Waals surface area contributed by atoms with Gasteiger partial charge in [0.1, 0.15) is 17.8 Å². The fourth-order valence-electron chi connectivity index (χ4n) is 2.50. The summed E-state index contributed by atoms with van der Waals surface area (Å²) < 4.78 is 0. The zero-order valence-corrected chi connectivity index (χ0v) is 15.8. The first-order valence-electron chi connectivity index (χ1n) is 8.74. The van der Waals surface area contributed by atoms with Gasteiger partial charge in [0, 0.05) is 18.3 Å². The Labute approximate surface area is 150 Å². The second-order valence-corrected chi connectivity index (χ2v) is 7.65. The van der Waals surface area contributed by atoms with Gasteiger partial charge in [-0.3, -0.25) is 4.79 Å². The standard InChI is InChI=1S/C20H28N4O/c1-14(2)10-11-21-19(25)17-12-18(23-13-22-17)24-16-9-7-6-8-15(16)20(3,4)5/h6-9,12-14H,10-11H2,1-5H3,(H,21,25)(H,22,23,24). The average molecular weight is 340 g/mol. The molecule has 1 aromatic heterocycles. The van der Waals surface area contributed by atoms with Crippen LogP contribution in [0.15, 0.2) is 36.7 Å². The third-order valence-electron chi connectivity index (χ3n) is 3.90. The highest BCUT2D eigenvalue weighted by Crippen LogP contribution is 2.30. The van der Waals surface area contributed by atoms with Crippen LogP contribution in [-0.2, 0) is 5.41 Å². The number of amides is 1. The minimum Gasteiger partial charge on any atom is -0.351 e. The number of carbonyl (C=O) groups excluding carboxylic acids is 1. The number of aromatic nitrogens is 2. The van der Waals surface area contributed by atoms with Gasteiger partial charge >= 0.3 is 0 Å². The Morgan fingerprint density at radius 2 is 1.88 bits per heavy atom. The Morgan fingerprint density at radius 1 is 1.16 bits per heavy atom.